The second kappa shape index (κ2) is 6.55. The number of benzene rings is 3. The Morgan fingerprint density at radius 3 is 2.78 bits per heavy atom. The second-order valence-electron chi connectivity index (χ2n) is 7.34. The van der Waals surface area contributed by atoms with E-state index in [1.54, 1.807) is 7.11 Å². The topological polar surface area (TPSA) is 30.9 Å². The molecule has 4 nitrogen and oxygen atoms in total. The Morgan fingerprint density at radius 1 is 1.00 bits per heavy atom. The molecule has 0 bridgehead atoms. The molecule has 3 aromatic rings. The monoisotopic (exact) mass is 361 g/mol. The van der Waals surface area contributed by atoms with Gasteiger partial charge in [-0.3, -0.25) is 4.90 Å². The summed E-state index contributed by atoms with van der Waals surface area (Å²) >= 11 is 0. The highest BCUT2D eigenvalue weighted by atomic mass is 16.5. The van der Waals surface area contributed by atoms with E-state index in [1.807, 2.05) is 12.1 Å². The van der Waals surface area contributed by atoms with Gasteiger partial charge >= 0.3 is 0 Å². The molecule has 0 aromatic heterocycles. The first kappa shape index (κ1) is 16.6. The van der Waals surface area contributed by atoms with Crippen molar-refractivity contribution in [3.63, 3.8) is 0 Å². The maximum atomic E-state index is 6.26. The van der Waals surface area contributed by atoms with Gasteiger partial charge in [0.15, 0.2) is 0 Å². The maximum absolute atomic E-state index is 6.26. The van der Waals surface area contributed by atoms with Gasteiger partial charge in [-0.2, -0.15) is 0 Å². The Balaban J connectivity index is 1.60. The minimum Gasteiger partial charge on any atom is -0.497 e. The molecule has 1 fully saturated rings. The molecule has 3 unspecified atom stereocenters. The van der Waals surface area contributed by atoms with Crippen LogP contribution in [0.1, 0.15) is 23.4 Å². The molecular weight excluding hydrogens is 338 g/mol. The van der Waals surface area contributed by atoms with Crippen LogP contribution in [0, 0.1) is 5.92 Å². The zero-order chi connectivity index (χ0) is 18.4. The van der Waals surface area contributed by atoms with E-state index >= 15 is 0 Å². The van der Waals surface area contributed by atoms with Gasteiger partial charge in [0.05, 0.1) is 20.3 Å². The lowest BCUT2D eigenvalue weighted by molar-refractivity contribution is -0.155. The van der Waals surface area contributed by atoms with Gasteiger partial charge in [-0.1, -0.05) is 42.5 Å². The summed E-state index contributed by atoms with van der Waals surface area (Å²) in [4.78, 5) is 2.34. The van der Waals surface area contributed by atoms with Crippen LogP contribution in [0.25, 0.3) is 10.8 Å². The van der Waals surface area contributed by atoms with Gasteiger partial charge in [0.25, 0.3) is 0 Å². The molecule has 0 amide bonds. The van der Waals surface area contributed by atoms with Crippen molar-refractivity contribution in [3.05, 3.63) is 71.8 Å². The summed E-state index contributed by atoms with van der Waals surface area (Å²) in [6.45, 7) is 1.37. The van der Waals surface area contributed by atoms with Crippen LogP contribution in [-0.2, 0) is 4.74 Å². The summed E-state index contributed by atoms with van der Waals surface area (Å²) in [6.07, 6.45) is -0.105. The molecule has 0 spiro atoms. The summed E-state index contributed by atoms with van der Waals surface area (Å²) < 4.78 is 17.8. The van der Waals surface area contributed by atoms with Crippen LogP contribution in [-0.4, -0.2) is 32.3 Å². The van der Waals surface area contributed by atoms with E-state index in [-0.39, 0.29) is 12.3 Å². The van der Waals surface area contributed by atoms with E-state index in [2.05, 4.69) is 60.5 Å². The van der Waals surface area contributed by atoms with Crippen LogP contribution in [0.4, 0.5) is 0 Å². The molecular formula is C23H23NO3. The first-order valence-electron chi connectivity index (χ1n) is 9.38. The average molecular weight is 361 g/mol. The first-order valence-corrected chi connectivity index (χ1v) is 9.38. The lowest BCUT2D eigenvalue weighted by Gasteiger charge is -2.47. The van der Waals surface area contributed by atoms with E-state index in [1.165, 1.54) is 16.3 Å². The number of ether oxygens (including phenoxy) is 3. The van der Waals surface area contributed by atoms with Crippen molar-refractivity contribution in [1.29, 1.82) is 0 Å². The van der Waals surface area contributed by atoms with Crippen LogP contribution >= 0.6 is 0 Å². The normalized spacial score (nSPS) is 24.7. The molecule has 2 aliphatic rings. The molecule has 0 radical (unpaired) electrons. The molecule has 0 aliphatic carbocycles. The fraction of sp³-hybridized carbons (Fsp3) is 0.304. The van der Waals surface area contributed by atoms with Crippen LogP contribution in [0.15, 0.2) is 60.7 Å². The SMILES string of the molecule is COc1cccc(C2OCC3COc4ccc5ccccc5c4C3N2C)c1. The summed E-state index contributed by atoms with van der Waals surface area (Å²) in [5, 5.41) is 2.51. The molecule has 1 saturated heterocycles. The highest BCUT2D eigenvalue weighted by Crippen LogP contribution is 2.48. The van der Waals surface area contributed by atoms with Crippen LogP contribution in [0.3, 0.4) is 0 Å². The Bertz CT molecular complexity index is 986. The molecule has 3 atom stereocenters. The minimum absolute atomic E-state index is 0.105. The zero-order valence-electron chi connectivity index (χ0n) is 15.6. The third-order valence-electron chi connectivity index (χ3n) is 5.78. The molecule has 2 heterocycles. The molecule has 0 saturated carbocycles. The summed E-state index contributed by atoms with van der Waals surface area (Å²) in [6, 6.07) is 21.2. The van der Waals surface area contributed by atoms with E-state index < -0.39 is 0 Å². The molecule has 4 heteroatoms. The van der Waals surface area contributed by atoms with Crippen LogP contribution in [0.5, 0.6) is 11.5 Å². The van der Waals surface area contributed by atoms with Gasteiger partial charge in [-0.15, -0.1) is 0 Å². The third kappa shape index (κ3) is 2.68. The fourth-order valence-corrected chi connectivity index (χ4v) is 4.51. The molecule has 3 aromatic carbocycles. The number of hydrogen-bond acceptors (Lipinski definition) is 4. The van der Waals surface area contributed by atoms with Crippen molar-refractivity contribution in [2.24, 2.45) is 5.92 Å². The number of nitrogens with zero attached hydrogens (tertiary/aromatic N) is 1. The van der Waals surface area contributed by atoms with Gasteiger partial charge in [-0.25, -0.2) is 0 Å². The van der Waals surface area contributed by atoms with E-state index in [4.69, 9.17) is 14.2 Å². The Labute approximate surface area is 159 Å². The number of hydrogen-bond donors (Lipinski definition) is 0. The molecule has 138 valence electrons. The fourth-order valence-electron chi connectivity index (χ4n) is 4.51. The number of rotatable bonds is 2. The zero-order valence-corrected chi connectivity index (χ0v) is 15.6. The van der Waals surface area contributed by atoms with Crippen molar-refractivity contribution < 1.29 is 14.2 Å². The van der Waals surface area contributed by atoms with Crippen LogP contribution < -0.4 is 9.47 Å². The van der Waals surface area contributed by atoms with Crippen molar-refractivity contribution in [1.82, 2.24) is 4.90 Å². The quantitative estimate of drug-likeness (QED) is 0.670. The van der Waals surface area contributed by atoms with Crippen LogP contribution in [0.2, 0.25) is 0 Å². The van der Waals surface area contributed by atoms with E-state index in [0.717, 1.165) is 17.1 Å². The Kier molecular flexibility index (Phi) is 4.03. The standard InChI is InChI=1S/C23H23NO3/c1-24-22-17(14-27-23(24)16-7-5-8-18(12-16)25-2)13-26-20-11-10-15-6-3-4-9-19(15)21(20)22/h3-12,17,22-23H,13-14H2,1-2H3. The highest BCUT2D eigenvalue weighted by Gasteiger charge is 2.42. The van der Waals surface area contributed by atoms with Gasteiger partial charge in [-0.05, 0) is 41.6 Å². The maximum Gasteiger partial charge on any atom is 0.137 e. The summed E-state index contributed by atoms with van der Waals surface area (Å²) in [5.74, 6) is 2.16. The average Bonchev–Trinajstić information content (AvgIpc) is 2.73. The van der Waals surface area contributed by atoms with Gasteiger partial charge < -0.3 is 14.2 Å². The van der Waals surface area contributed by atoms with Crippen molar-refractivity contribution in [2.75, 3.05) is 27.4 Å². The predicted molar refractivity (Wildman–Crippen MR) is 105 cm³/mol. The van der Waals surface area contributed by atoms with E-state index in [0.29, 0.717) is 19.1 Å². The molecule has 2 aliphatic heterocycles. The number of fused-ring (bicyclic) bond motifs is 5. The highest BCUT2D eigenvalue weighted by molar-refractivity contribution is 5.88. The number of methoxy groups -OCH3 is 1. The lowest BCUT2D eigenvalue weighted by atomic mass is 9.85. The van der Waals surface area contributed by atoms with Gasteiger partial charge in [0.2, 0.25) is 0 Å². The van der Waals surface area contributed by atoms with Gasteiger partial charge in [0.1, 0.15) is 17.7 Å². The smallest absolute Gasteiger partial charge is 0.137 e. The van der Waals surface area contributed by atoms with Gasteiger partial charge in [0, 0.05) is 17.5 Å². The van der Waals surface area contributed by atoms with E-state index in [9.17, 15) is 0 Å². The van der Waals surface area contributed by atoms with Crippen molar-refractivity contribution >= 4 is 10.8 Å². The molecule has 27 heavy (non-hydrogen) atoms. The molecule has 5 rings (SSSR count). The minimum atomic E-state index is -0.105. The Hall–Kier alpha value is -2.56. The largest absolute Gasteiger partial charge is 0.497 e. The van der Waals surface area contributed by atoms with Crippen molar-refractivity contribution in [3.8, 4) is 11.5 Å². The predicted octanol–water partition coefficient (Wildman–Crippen LogP) is 4.56. The van der Waals surface area contributed by atoms with Crippen molar-refractivity contribution in [2.45, 2.75) is 12.3 Å². The first-order chi connectivity index (χ1) is 13.3. The third-order valence-corrected chi connectivity index (χ3v) is 5.78. The summed E-state index contributed by atoms with van der Waals surface area (Å²) in [5.41, 5.74) is 2.40. The second-order valence-corrected chi connectivity index (χ2v) is 7.34. The lowest BCUT2D eigenvalue weighted by Crippen LogP contribution is -2.46. The Morgan fingerprint density at radius 2 is 1.89 bits per heavy atom. The molecule has 0 N–H and O–H groups in total. The summed E-state index contributed by atoms with van der Waals surface area (Å²) in [7, 11) is 3.85.